The highest BCUT2D eigenvalue weighted by atomic mass is 28.3. The molecule has 0 spiro atoms. The molecule has 7 nitrogen and oxygen atoms in total. The Hall–Kier alpha value is -3.13. The van der Waals surface area contributed by atoms with Crippen LogP contribution in [0.5, 0.6) is 11.5 Å². The molecule has 1 aromatic carbocycles. The van der Waals surface area contributed by atoms with Crippen LogP contribution in [0.4, 0.5) is 4.79 Å². The minimum atomic E-state index is -2.02. The van der Waals surface area contributed by atoms with Crippen LogP contribution in [0, 0.1) is 6.92 Å². The molecule has 0 radical (unpaired) electrons. The Morgan fingerprint density at radius 2 is 1.69 bits per heavy atom. The third-order valence-electron chi connectivity index (χ3n) is 7.58. The summed E-state index contributed by atoms with van der Waals surface area (Å²) >= 11 is 0. The van der Waals surface area contributed by atoms with Crippen LogP contribution in [0.1, 0.15) is 63.2 Å². The summed E-state index contributed by atoms with van der Waals surface area (Å²) in [6.45, 7) is 16.2. The van der Waals surface area contributed by atoms with Gasteiger partial charge >= 0.3 is 6.09 Å². The van der Waals surface area contributed by atoms with Crippen LogP contribution in [0.15, 0.2) is 36.5 Å². The third-order valence-corrected chi connectivity index (χ3v) is 14.5. The second-order valence-electron chi connectivity index (χ2n) is 10.5. The van der Waals surface area contributed by atoms with Crippen LogP contribution >= 0.6 is 0 Å². The maximum atomic E-state index is 12.4. The average molecular weight is 494 g/mol. The number of hydrogen-bond acceptors (Lipinski definition) is 4. The van der Waals surface area contributed by atoms with Crippen molar-refractivity contribution in [1.82, 2.24) is 14.1 Å². The Bertz CT molecular complexity index is 1270. The van der Waals surface area contributed by atoms with E-state index in [0.29, 0.717) is 39.2 Å². The fraction of sp³-hybridized carbons (Fsp3) is 0.444. The first-order valence-electron chi connectivity index (χ1n) is 12.3. The number of nitrogens with zero attached hydrogens (tertiary/aromatic N) is 3. The average Bonchev–Trinajstić information content (AvgIpc) is 3.10. The molecule has 0 fully saturated rings. The lowest BCUT2D eigenvalue weighted by atomic mass is 9.98. The third kappa shape index (κ3) is 4.03. The van der Waals surface area contributed by atoms with Gasteiger partial charge in [-0.2, -0.15) is 0 Å². The number of aryl methyl sites for hydroxylation is 1. The predicted molar refractivity (Wildman–Crippen MR) is 140 cm³/mol. The minimum Gasteiger partial charge on any atom is -0.465 e. The van der Waals surface area contributed by atoms with Crippen molar-refractivity contribution in [2.45, 2.75) is 71.6 Å². The van der Waals surface area contributed by atoms with Crippen LogP contribution in [0.2, 0.25) is 16.6 Å². The lowest BCUT2D eigenvalue weighted by Gasteiger charge is -2.45. The Labute approximate surface area is 207 Å². The van der Waals surface area contributed by atoms with Gasteiger partial charge in [-0.05, 0) is 59.4 Å². The van der Waals surface area contributed by atoms with Gasteiger partial charge < -0.3 is 14.1 Å². The molecule has 0 saturated heterocycles. The summed E-state index contributed by atoms with van der Waals surface area (Å²) in [5, 5.41) is 10.3. The Morgan fingerprint density at radius 1 is 1.03 bits per heavy atom. The van der Waals surface area contributed by atoms with E-state index in [-0.39, 0.29) is 18.9 Å². The molecule has 35 heavy (non-hydrogen) atoms. The number of benzene rings is 1. The number of rotatable bonds is 6. The molecule has 0 saturated carbocycles. The van der Waals surface area contributed by atoms with E-state index in [0.717, 1.165) is 15.9 Å². The zero-order chi connectivity index (χ0) is 25.7. The maximum absolute atomic E-state index is 12.4. The molecule has 4 rings (SSSR count). The predicted octanol–water partition coefficient (Wildman–Crippen LogP) is 6.84. The molecule has 0 atom stereocenters. The van der Waals surface area contributed by atoms with Gasteiger partial charge in [0.2, 0.25) is 0 Å². The Balaban J connectivity index is 1.79. The van der Waals surface area contributed by atoms with E-state index in [4.69, 9.17) is 9.72 Å². The molecule has 0 unspecified atom stereocenters. The molecular weight excluding hydrogens is 458 g/mol. The fourth-order valence-electron chi connectivity index (χ4n) is 6.37. The number of pyridine rings is 1. The van der Waals surface area contributed by atoms with E-state index in [1.54, 1.807) is 24.4 Å². The standard InChI is InChI=1S/C27H35N3O4Si/c1-16(2)35(17(3)4,18(5)6)30-19(7)12-23-25(10-11-28-26(23)30)34-21-8-9-22-20(13-21)14-29(27(32)33)15-24(22)31/h8-13,16-18H,14-15H2,1-7H3,(H,32,33). The molecule has 1 aliphatic rings. The number of hydrogen-bond donors (Lipinski definition) is 1. The molecule has 3 heterocycles. The number of ketones is 1. The molecule has 8 heteroatoms. The number of carboxylic acid groups (broad SMARTS) is 1. The lowest BCUT2D eigenvalue weighted by Crippen LogP contribution is -2.52. The summed E-state index contributed by atoms with van der Waals surface area (Å²) in [6.07, 6.45) is 0.693. The van der Waals surface area contributed by atoms with E-state index < -0.39 is 14.3 Å². The number of amides is 1. The van der Waals surface area contributed by atoms with Crippen LogP contribution in [0.3, 0.4) is 0 Å². The fourth-order valence-corrected chi connectivity index (χ4v) is 13.1. The summed E-state index contributed by atoms with van der Waals surface area (Å²) in [5.74, 6) is 1.08. The van der Waals surface area contributed by atoms with Gasteiger partial charge in [0, 0.05) is 17.5 Å². The van der Waals surface area contributed by atoms with Gasteiger partial charge in [0.1, 0.15) is 17.1 Å². The van der Waals surface area contributed by atoms with Gasteiger partial charge in [0.05, 0.1) is 18.5 Å². The number of Topliss-reactive ketones (excluding diaryl/α,β-unsaturated/α-hetero) is 1. The zero-order valence-electron chi connectivity index (χ0n) is 21.6. The van der Waals surface area contributed by atoms with Gasteiger partial charge in [0.25, 0.3) is 0 Å². The van der Waals surface area contributed by atoms with E-state index in [1.807, 2.05) is 6.07 Å². The SMILES string of the molecule is Cc1cc2c(Oc3ccc4c(c3)CN(C(=O)O)CC4=O)ccnc2n1[Si](C(C)C)(C(C)C)C(C)C. The molecule has 1 N–H and O–H groups in total. The first kappa shape index (κ1) is 25.0. The number of carbonyl (C=O) groups excluding carboxylic acids is 1. The monoisotopic (exact) mass is 493 g/mol. The number of aromatic nitrogens is 2. The normalized spacial score (nSPS) is 14.3. The van der Waals surface area contributed by atoms with Crippen LogP contribution in [-0.2, 0) is 6.54 Å². The molecule has 0 bridgehead atoms. The largest absolute Gasteiger partial charge is 0.465 e. The van der Waals surface area contributed by atoms with Crippen molar-refractivity contribution in [2.24, 2.45) is 0 Å². The first-order valence-corrected chi connectivity index (χ1v) is 14.5. The molecule has 1 aliphatic heterocycles. The van der Waals surface area contributed by atoms with Crippen molar-refractivity contribution < 1.29 is 19.4 Å². The van der Waals surface area contributed by atoms with Crippen molar-refractivity contribution in [2.75, 3.05) is 6.54 Å². The van der Waals surface area contributed by atoms with E-state index in [2.05, 4.69) is 58.8 Å². The highest BCUT2D eigenvalue weighted by Crippen LogP contribution is 2.46. The van der Waals surface area contributed by atoms with Gasteiger partial charge in [-0.3, -0.25) is 9.69 Å². The Morgan fingerprint density at radius 3 is 2.29 bits per heavy atom. The van der Waals surface area contributed by atoms with Crippen molar-refractivity contribution in [1.29, 1.82) is 0 Å². The zero-order valence-corrected chi connectivity index (χ0v) is 22.6. The van der Waals surface area contributed by atoms with Crippen molar-refractivity contribution in [3.05, 3.63) is 53.3 Å². The van der Waals surface area contributed by atoms with Gasteiger partial charge in [-0.15, -0.1) is 0 Å². The van der Waals surface area contributed by atoms with Crippen LogP contribution in [0.25, 0.3) is 11.0 Å². The molecule has 3 aromatic rings. The molecule has 2 aromatic heterocycles. The summed E-state index contributed by atoms with van der Waals surface area (Å²) in [5.41, 5.74) is 4.94. The van der Waals surface area contributed by atoms with Gasteiger partial charge in [-0.1, -0.05) is 41.5 Å². The first-order chi connectivity index (χ1) is 16.5. The summed E-state index contributed by atoms with van der Waals surface area (Å²) in [4.78, 5) is 29.8. The van der Waals surface area contributed by atoms with Crippen LogP contribution < -0.4 is 4.74 Å². The molecule has 186 valence electrons. The van der Waals surface area contributed by atoms with Gasteiger partial charge in [0.15, 0.2) is 14.0 Å². The number of fused-ring (bicyclic) bond motifs is 2. The second kappa shape index (κ2) is 9.15. The van der Waals surface area contributed by atoms with Gasteiger partial charge in [-0.25, -0.2) is 9.78 Å². The lowest BCUT2D eigenvalue weighted by molar-refractivity contribution is 0.0874. The minimum absolute atomic E-state index is 0.118. The van der Waals surface area contributed by atoms with Crippen molar-refractivity contribution in [3.8, 4) is 11.5 Å². The Kier molecular flexibility index (Phi) is 6.53. The number of ether oxygens (including phenoxy) is 1. The highest BCUT2D eigenvalue weighted by molar-refractivity contribution is 6.82. The summed E-state index contributed by atoms with van der Waals surface area (Å²) < 4.78 is 8.87. The molecule has 1 amide bonds. The van der Waals surface area contributed by atoms with Crippen LogP contribution in [-0.4, -0.2) is 45.9 Å². The van der Waals surface area contributed by atoms with E-state index in [9.17, 15) is 14.7 Å². The topological polar surface area (TPSA) is 84.7 Å². The highest BCUT2D eigenvalue weighted by Gasteiger charge is 2.47. The molecule has 0 aliphatic carbocycles. The van der Waals surface area contributed by atoms with Crippen molar-refractivity contribution in [3.63, 3.8) is 0 Å². The summed E-state index contributed by atoms with van der Waals surface area (Å²) in [7, 11) is -2.02. The smallest absolute Gasteiger partial charge is 0.408 e. The summed E-state index contributed by atoms with van der Waals surface area (Å²) in [6, 6.07) is 9.31. The quantitative estimate of drug-likeness (QED) is 0.380. The van der Waals surface area contributed by atoms with E-state index >= 15 is 0 Å². The van der Waals surface area contributed by atoms with E-state index in [1.165, 1.54) is 5.69 Å². The molecular formula is C27H35N3O4Si. The number of carbonyl (C=O) groups is 2. The van der Waals surface area contributed by atoms with Crippen molar-refractivity contribution >= 4 is 31.1 Å². The maximum Gasteiger partial charge on any atom is 0.408 e. The second-order valence-corrected chi connectivity index (χ2v) is 16.2.